The minimum atomic E-state index is -3.37. The lowest BCUT2D eigenvalue weighted by atomic mass is 10.0. The van der Waals surface area contributed by atoms with E-state index in [4.69, 9.17) is 9.05 Å². The van der Waals surface area contributed by atoms with Crippen LogP contribution < -0.4 is 0 Å². The van der Waals surface area contributed by atoms with Gasteiger partial charge in [0.25, 0.3) is 0 Å². The predicted molar refractivity (Wildman–Crippen MR) is 211 cm³/mol. The van der Waals surface area contributed by atoms with Crippen LogP contribution in [0.25, 0.3) is 0 Å². The molecular formula is C44H73F2O3P. The van der Waals surface area contributed by atoms with Gasteiger partial charge in [0.2, 0.25) is 12.7 Å². The van der Waals surface area contributed by atoms with Gasteiger partial charge in [0, 0.05) is 11.1 Å². The van der Waals surface area contributed by atoms with Crippen LogP contribution in [0.4, 0.5) is 8.78 Å². The summed E-state index contributed by atoms with van der Waals surface area (Å²) in [5.74, 6) is 0. The zero-order valence-corrected chi connectivity index (χ0v) is 33.1. The van der Waals surface area contributed by atoms with Gasteiger partial charge in [-0.1, -0.05) is 216 Å². The number of hydrogen-bond acceptors (Lipinski definition) is 3. The second-order valence-corrected chi connectivity index (χ2v) is 15.6. The Hall–Kier alpha value is -1.55. The van der Waals surface area contributed by atoms with Crippen molar-refractivity contribution in [1.82, 2.24) is 0 Å². The molecule has 0 fully saturated rings. The number of halogens is 2. The molecule has 3 nitrogen and oxygen atoms in total. The molecule has 2 aromatic rings. The van der Waals surface area contributed by atoms with E-state index in [1.165, 1.54) is 154 Å². The van der Waals surface area contributed by atoms with E-state index in [-0.39, 0.29) is 11.1 Å². The summed E-state index contributed by atoms with van der Waals surface area (Å²) in [6.07, 6.45) is 32.5. The lowest BCUT2D eigenvalue weighted by molar-refractivity contribution is 0.0127. The van der Waals surface area contributed by atoms with E-state index in [0.717, 1.165) is 36.8 Å². The Kier molecular flexibility index (Phi) is 27.7. The van der Waals surface area contributed by atoms with Gasteiger partial charge in [-0.05, 0) is 36.8 Å². The van der Waals surface area contributed by atoms with Gasteiger partial charge in [-0.3, -0.25) is 13.6 Å². The Balaban J connectivity index is 1.51. The molecule has 286 valence electrons. The monoisotopic (exact) mass is 719 g/mol. The topological polar surface area (TPSA) is 35.5 Å². The number of rotatable bonds is 34. The molecule has 0 heterocycles. The van der Waals surface area contributed by atoms with Gasteiger partial charge in [0.05, 0.1) is 0 Å². The first kappa shape index (κ1) is 44.6. The summed E-state index contributed by atoms with van der Waals surface area (Å²) in [5, 5.41) is 0. The highest BCUT2D eigenvalue weighted by atomic mass is 31.1. The molecule has 2 atom stereocenters. The molecule has 0 aromatic heterocycles. The molecule has 0 radical (unpaired) electrons. The maximum atomic E-state index is 14.7. The van der Waals surface area contributed by atoms with Crippen molar-refractivity contribution < 1.29 is 22.4 Å². The van der Waals surface area contributed by atoms with Gasteiger partial charge < -0.3 is 0 Å². The maximum absolute atomic E-state index is 14.7. The number of benzene rings is 2. The SMILES string of the molecule is CCCCCCCCCCCCCCCc1ccc(C(F)O[PH](=O)OC(F)c2ccc(CCCCCCCCCCCCCCC)cc2)cc1. The van der Waals surface area contributed by atoms with Crippen LogP contribution in [0.15, 0.2) is 48.5 Å². The van der Waals surface area contributed by atoms with Crippen LogP contribution in [0.2, 0.25) is 0 Å². The Morgan fingerprint density at radius 1 is 0.420 bits per heavy atom. The molecule has 2 rings (SSSR count). The molecule has 2 unspecified atom stereocenters. The van der Waals surface area contributed by atoms with Gasteiger partial charge in [-0.2, -0.15) is 0 Å². The Bertz CT molecular complexity index is 978. The normalized spacial score (nSPS) is 13.4. The van der Waals surface area contributed by atoms with E-state index in [1.54, 1.807) is 24.3 Å². The molecule has 0 aliphatic rings. The zero-order valence-electron chi connectivity index (χ0n) is 32.1. The number of aryl methyl sites for hydroxylation is 2. The fraction of sp³-hybridized carbons (Fsp3) is 0.727. The van der Waals surface area contributed by atoms with Crippen LogP contribution in [0, 0.1) is 0 Å². The highest BCUT2D eigenvalue weighted by Crippen LogP contribution is 2.39. The first-order chi connectivity index (χ1) is 24.5. The molecule has 50 heavy (non-hydrogen) atoms. The summed E-state index contributed by atoms with van der Waals surface area (Å²) in [6.45, 7) is 4.53. The summed E-state index contributed by atoms with van der Waals surface area (Å²) in [7, 11) is -3.37. The number of unbranched alkanes of at least 4 members (excludes halogenated alkanes) is 24. The second-order valence-electron chi connectivity index (χ2n) is 14.6. The molecular weight excluding hydrogens is 645 g/mol. The summed E-state index contributed by atoms with van der Waals surface area (Å²) in [4.78, 5) is 0. The fourth-order valence-corrected chi connectivity index (χ4v) is 7.36. The average Bonchev–Trinajstić information content (AvgIpc) is 3.12. The van der Waals surface area contributed by atoms with E-state index in [0.29, 0.717) is 0 Å². The van der Waals surface area contributed by atoms with Crippen molar-refractivity contribution in [3.05, 3.63) is 70.8 Å². The molecule has 0 amide bonds. The molecule has 0 spiro atoms. The third-order valence-electron chi connectivity index (χ3n) is 10.0. The first-order valence-corrected chi connectivity index (χ1v) is 22.1. The van der Waals surface area contributed by atoms with E-state index < -0.39 is 21.0 Å². The van der Waals surface area contributed by atoms with Crippen molar-refractivity contribution in [2.45, 2.75) is 206 Å². The summed E-state index contributed by atoms with van der Waals surface area (Å²) in [5.41, 5.74) is 2.81. The van der Waals surface area contributed by atoms with Crippen molar-refractivity contribution in [3.8, 4) is 0 Å². The zero-order chi connectivity index (χ0) is 35.9. The van der Waals surface area contributed by atoms with E-state index >= 15 is 0 Å². The summed E-state index contributed by atoms with van der Waals surface area (Å²) in [6, 6.07) is 14.2. The Labute approximate surface area is 307 Å². The lowest BCUT2D eigenvalue weighted by Crippen LogP contribution is -1.98. The highest BCUT2D eigenvalue weighted by molar-refractivity contribution is 7.33. The van der Waals surface area contributed by atoms with Crippen molar-refractivity contribution in [2.24, 2.45) is 0 Å². The van der Waals surface area contributed by atoms with Crippen LogP contribution in [0.5, 0.6) is 0 Å². The minimum Gasteiger partial charge on any atom is -0.271 e. The molecule has 0 bridgehead atoms. The molecule has 0 aliphatic heterocycles. The third kappa shape index (κ3) is 23.1. The van der Waals surface area contributed by atoms with Crippen LogP contribution in [0.3, 0.4) is 0 Å². The van der Waals surface area contributed by atoms with Crippen LogP contribution >= 0.6 is 8.25 Å². The smallest absolute Gasteiger partial charge is 0.271 e. The van der Waals surface area contributed by atoms with Crippen LogP contribution in [-0.2, 0) is 26.5 Å². The van der Waals surface area contributed by atoms with E-state index in [1.807, 2.05) is 24.3 Å². The van der Waals surface area contributed by atoms with Gasteiger partial charge in [0.1, 0.15) is 0 Å². The van der Waals surface area contributed by atoms with Crippen molar-refractivity contribution >= 4 is 8.25 Å². The minimum absolute atomic E-state index is 0.258. The van der Waals surface area contributed by atoms with E-state index in [2.05, 4.69) is 13.8 Å². The number of hydrogen-bond donors (Lipinski definition) is 0. The molecule has 0 saturated carbocycles. The van der Waals surface area contributed by atoms with Gasteiger partial charge in [-0.25, -0.2) is 8.78 Å². The average molecular weight is 719 g/mol. The quantitative estimate of drug-likeness (QED) is 0.0534. The van der Waals surface area contributed by atoms with Crippen molar-refractivity contribution in [3.63, 3.8) is 0 Å². The van der Waals surface area contributed by atoms with Crippen LogP contribution in [0.1, 0.15) is 216 Å². The first-order valence-electron chi connectivity index (χ1n) is 20.9. The maximum Gasteiger partial charge on any atom is 0.324 e. The Morgan fingerprint density at radius 3 is 0.920 bits per heavy atom. The standard InChI is InChI=1S/C44H73F2O3P/c1-3-5-7-9-11-13-15-17-19-21-23-25-27-29-39-31-35-41(36-32-39)43(45)48-50(47)49-44(46)42-37-33-40(34-38-42)30-28-26-24-22-20-18-16-14-12-10-8-6-4-2/h31-38,43-44,50H,3-30H2,1-2H3. The van der Waals surface area contributed by atoms with E-state index in [9.17, 15) is 13.3 Å². The van der Waals surface area contributed by atoms with Gasteiger partial charge in [0.15, 0.2) is 0 Å². The summed E-state index contributed by atoms with van der Waals surface area (Å²) < 4.78 is 51.6. The second kappa shape index (κ2) is 31.0. The molecule has 0 N–H and O–H groups in total. The number of alkyl halides is 2. The van der Waals surface area contributed by atoms with Crippen molar-refractivity contribution in [2.75, 3.05) is 0 Å². The third-order valence-corrected chi connectivity index (χ3v) is 10.8. The van der Waals surface area contributed by atoms with Gasteiger partial charge >= 0.3 is 8.25 Å². The molecule has 0 saturated heterocycles. The van der Waals surface area contributed by atoms with Crippen LogP contribution in [-0.4, -0.2) is 0 Å². The highest BCUT2D eigenvalue weighted by Gasteiger charge is 2.19. The Morgan fingerprint density at radius 2 is 0.660 bits per heavy atom. The largest absolute Gasteiger partial charge is 0.324 e. The fourth-order valence-electron chi connectivity index (χ4n) is 6.70. The summed E-state index contributed by atoms with van der Waals surface area (Å²) >= 11 is 0. The molecule has 0 aliphatic carbocycles. The van der Waals surface area contributed by atoms with Gasteiger partial charge in [-0.15, -0.1) is 0 Å². The molecule has 6 heteroatoms. The predicted octanol–water partition coefficient (Wildman–Crippen LogP) is 16.0. The van der Waals surface area contributed by atoms with Crippen molar-refractivity contribution in [1.29, 1.82) is 0 Å². The lowest BCUT2D eigenvalue weighted by Gasteiger charge is -2.14. The molecule has 2 aromatic carbocycles.